The van der Waals surface area contributed by atoms with Gasteiger partial charge in [-0.25, -0.2) is 4.98 Å². The molecular formula is C17H13IN2O. The molecule has 0 unspecified atom stereocenters. The second-order valence-corrected chi connectivity index (χ2v) is 5.92. The second kappa shape index (κ2) is 6.22. The Morgan fingerprint density at radius 3 is 2.48 bits per heavy atom. The number of benzene rings is 2. The van der Waals surface area contributed by atoms with Gasteiger partial charge in [-0.2, -0.15) is 0 Å². The topological polar surface area (TPSA) is 34.9 Å². The number of rotatable bonds is 4. The zero-order valence-corrected chi connectivity index (χ0v) is 13.4. The molecule has 0 fully saturated rings. The van der Waals surface area contributed by atoms with Crippen LogP contribution in [0, 0.1) is 3.57 Å². The molecule has 0 saturated carbocycles. The lowest BCUT2D eigenvalue weighted by Crippen LogP contribution is -2.10. The van der Waals surface area contributed by atoms with Crippen LogP contribution < -0.4 is 0 Å². The molecule has 21 heavy (non-hydrogen) atoms. The summed E-state index contributed by atoms with van der Waals surface area (Å²) in [6.45, 7) is 0.296. The van der Waals surface area contributed by atoms with Crippen LogP contribution in [0.4, 0.5) is 0 Å². The van der Waals surface area contributed by atoms with Crippen molar-refractivity contribution in [2.24, 2.45) is 0 Å². The van der Waals surface area contributed by atoms with E-state index in [0.717, 1.165) is 20.5 Å². The van der Waals surface area contributed by atoms with Gasteiger partial charge in [-0.05, 0) is 34.7 Å². The highest BCUT2D eigenvalue weighted by molar-refractivity contribution is 14.1. The van der Waals surface area contributed by atoms with Gasteiger partial charge in [0.05, 0.1) is 6.54 Å². The largest absolute Gasteiger partial charge is 0.323 e. The van der Waals surface area contributed by atoms with Crippen molar-refractivity contribution in [2.45, 2.75) is 6.54 Å². The first-order valence-corrected chi connectivity index (χ1v) is 7.67. The number of Topliss-reactive ketones (excluding diaryl/α,β-unsaturated/α-hetero) is 1. The van der Waals surface area contributed by atoms with Gasteiger partial charge >= 0.3 is 0 Å². The van der Waals surface area contributed by atoms with E-state index in [1.807, 2.05) is 65.4 Å². The molecule has 0 aliphatic heterocycles. The number of carbonyl (C=O) groups excluding carboxylic acids is 1. The lowest BCUT2D eigenvalue weighted by Gasteiger charge is -2.07. The number of hydrogen-bond acceptors (Lipinski definition) is 2. The van der Waals surface area contributed by atoms with Crippen molar-refractivity contribution < 1.29 is 4.79 Å². The van der Waals surface area contributed by atoms with Gasteiger partial charge < -0.3 is 4.57 Å². The maximum atomic E-state index is 12.4. The quantitative estimate of drug-likeness (QED) is 0.500. The first kappa shape index (κ1) is 14.0. The van der Waals surface area contributed by atoms with Gasteiger partial charge in [-0.15, -0.1) is 0 Å². The number of hydrogen-bond donors (Lipinski definition) is 0. The van der Waals surface area contributed by atoms with E-state index in [4.69, 9.17) is 0 Å². The van der Waals surface area contributed by atoms with Crippen LogP contribution >= 0.6 is 22.6 Å². The molecule has 0 radical (unpaired) electrons. The van der Waals surface area contributed by atoms with E-state index in [1.165, 1.54) is 0 Å². The Morgan fingerprint density at radius 1 is 1.05 bits per heavy atom. The summed E-state index contributed by atoms with van der Waals surface area (Å²) in [5.74, 6) is 0.899. The van der Waals surface area contributed by atoms with Gasteiger partial charge in [0.25, 0.3) is 0 Å². The van der Waals surface area contributed by atoms with E-state index in [-0.39, 0.29) is 5.78 Å². The SMILES string of the molecule is O=C(Cn1ccnc1-c1ccccc1)c1ccc(I)cc1. The zero-order valence-electron chi connectivity index (χ0n) is 11.2. The van der Waals surface area contributed by atoms with Gasteiger partial charge in [0.1, 0.15) is 5.82 Å². The normalized spacial score (nSPS) is 10.5. The second-order valence-electron chi connectivity index (χ2n) is 4.67. The summed E-state index contributed by atoms with van der Waals surface area (Å²) in [4.78, 5) is 16.7. The third kappa shape index (κ3) is 3.21. The Balaban J connectivity index is 1.85. The monoisotopic (exact) mass is 388 g/mol. The van der Waals surface area contributed by atoms with Gasteiger partial charge in [-0.3, -0.25) is 4.79 Å². The number of imidazole rings is 1. The minimum atomic E-state index is 0.0848. The fourth-order valence-corrected chi connectivity index (χ4v) is 2.53. The van der Waals surface area contributed by atoms with Crippen LogP contribution in [0.3, 0.4) is 0 Å². The summed E-state index contributed by atoms with van der Waals surface area (Å²) >= 11 is 2.23. The van der Waals surface area contributed by atoms with E-state index >= 15 is 0 Å². The molecular weight excluding hydrogens is 375 g/mol. The van der Waals surface area contributed by atoms with Crippen LogP contribution in [0.2, 0.25) is 0 Å². The maximum absolute atomic E-state index is 12.4. The summed E-state index contributed by atoms with van der Waals surface area (Å²) in [7, 11) is 0. The fraction of sp³-hybridized carbons (Fsp3) is 0.0588. The van der Waals surface area contributed by atoms with Crippen LogP contribution in [-0.4, -0.2) is 15.3 Å². The van der Waals surface area contributed by atoms with Gasteiger partial charge in [-0.1, -0.05) is 42.5 Å². The standard InChI is InChI=1S/C17H13IN2O/c18-15-8-6-13(7-9-15)16(21)12-20-11-10-19-17(20)14-4-2-1-3-5-14/h1-11H,12H2. The molecule has 0 spiro atoms. The average molecular weight is 388 g/mol. The van der Waals surface area contributed by atoms with E-state index in [9.17, 15) is 4.79 Å². The molecule has 1 heterocycles. The molecule has 3 aromatic rings. The Labute approximate surface area is 136 Å². The molecule has 104 valence electrons. The van der Waals surface area contributed by atoms with Crippen LogP contribution in [0.1, 0.15) is 10.4 Å². The molecule has 0 saturated heterocycles. The van der Waals surface area contributed by atoms with Gasteiger partial charge in [0.15, 0.2) is 5.78 Å². The number of aromatic nitrogens is 2. The van der Waals surface area contributed by atoms with E-state index in [2.05, 4.69) is 27.6 Å². The molecule has 1 aromatic heterocycles. The van der Waals surface area contributed by atoms with Crippen LogP contribution in [0.15, 0.2) is 67.0 Å². The van der Waals surface area contributed by atoms with Crippen molar-refractivity contribution in [3.8, 4) is 11.4 Å². The third-order valence-electron chi connectivity index (χ3n) is 3.23. The molecule has 0 bridgehead atoms. The predicted molar refractivity (Wildman–Crippen MR) is 91.2 cm³/mol. The molecule has 0 aliphatic rings. The third-order valence-corrected chi connectivity index (χ3v) is 3.95. The molecule has 0 amide bonds. The molecule has 0 N–H and O–H groups in total. The number of halogens is 1. The van der Waals surface area contributed by atoms with Crippen molar-refractivity contribution in [3.63, 3.8) is 0 Å². The highest BCUT2D eigenvalue weighted by Gasteiger charge is 2.11. The van der Waals surface area contributed by atoms with Crippen molar-refractivity contribution >= 4 is 28.4 Å². The molecule has 4 heteroatoms. The number of nitrogens with zero attached hydrogens (tertiary/aromatic N) is 2. The molecule has 0 aliphatic carbocycles. The summed E-state index contributed by atoms with van der Waals surface area (Å²) < 4.78 is 3.01. The molecule has 3 nitrogen and oxygen atoms in total. The highest BCUT2D eigenvalue weighted by atomic mass is 127. The zero-order chi connectivity index (χ0) is 14.7. The Bertz CT molecular complexity index is 748. The van der Waals surface area contributed by atoms with Gasteiger partial charge in [0, 0.05) is 27.1 Å². The molecule has 0 atom stereocenters. The van der Waals surface area contributed by atoms with E-state index in [1.54, 1.807) is 6.20 Å². The van der Waals surface area contributed by atoms with Crippen LogP contribution in [0.25, 0.3) is 11.4 Å². The lowest BCUT2D eigenvalue weighted by atomic mass is 10.1. The van der Waals surface area contributed by atoms with Crippen molar-refractivity contribution in [3.05, 3.63) is 76.1 Å². The van der Waals surface area contributed by atoms with E-state index < -0.39 is 0 Å². The van der Waals surface area contributed by atoms with E-state index in [0.29, 0.717) is 6.54 Å². The number of ketones is 1. The molecule has 3 rings (SSSR count). The first-order valence-electron chi connectivity index (χ1n) is 6.59. The van der Waals surface area contributed by atoms with Gasteiger partial charge in [0.2, 0.25) is 0 Å². The summed E-state index contributed by atoms with van der Waals surface area (Å²) in [6.07, 6.45) is 3.57. The van der Waals surface area contributed by atoms with Crippen LogP contribution in [-0.2, 0) is 6.54 Å². The first-order chi connectivity index (χ1) is 10.2. The highest BCUT2D eigenvalue weighted by Crippen LogP contribution is 2.17. The minimum absolute atomic E-state index is 0.0848. The summed E-state index contributed by atoms with van der Waals surface area (Å²) in [6, 6.07) is 17.5. The summed E-state index contributed by atoms with van der Waals surface area (Å²) in [5, 5.41) is 0. The van der Waals surface area contributed by atoms with Crippen molar-refractivity contribution in [2.75, 3.05) is 0 Å². The smallest absolute Gasteiger partial charge is 0.182 e. The Kier molecular flexibility index (Phi) is 4.15. The van der Waals surface area contributed by atoms with Crippen molar-refractivity contribution in [1.29, 1.82) is 0 Å². The predicted octanol–water partition coefficient (Wildman–Crippen LogP) is 4.04. The lowest BCUT2D eigenvalue weighted by molar-refractivity contribution is 0.0972. The Hall–Kier alpha value is -1.95. The maximum Gasteiger partial charge on any atom is 0.182 e. The molecule has 2 aromatic carbocycles. The van der Waals surface area contributed by atoms with Crippen LogP contribution in [0.5, 0.6) is 0 Å². The van der Waals surface area contributed by atoms with Crippen molar-refractivity contribution in [1.82, 2.24) is 9.55 Å². The summed E-state index contributed by atoms with van der Waals surface area (Å²) in [5.41, 5.74) is 1.74. The number of carbonyl (C=O) groups is 1. The minimum Gasteiger partial charge on any atom is -0.323 e. The average Bonchev–Trinajstić information content (AvgIpc) is 2.97. The fourth-order valence-electron chi connectivity index (χ4n) is 2.17. The Morgan fingerprint density at radius 2 is 1.76 bits per heavy atom.